The van der Waals surface area contributed by atoms with E-state index in [0.717, 1.165) is 24.5 Å². The molecular formula is C12H15BrN4S. The van der Waals surface area contributed by atoms with Gasteiger partial charge in [-0.25, -0.2) is 4.98 Å². The molecule has 0 aliphatic carbocycles. The van der Waals surface area contributed by atoms with Crippen LogP contribution in [-0.2, 0) is 0 Å². The predicted molar refractivity (Wildman–Crippen MR) is 78.3 cm³/mol. The second-order valence-electron chi connectivity index (χ2n) is 4.19. The molecule has 3 heterocycles. The molecule has 0 radical (unpaired) electrons. The van der Waals surface area contributed by atoms with Crippen molar-refractivity contribution in [2.75, 3.05) is 13.1 Å². The topological polar surface area (TPSA) is 50.7 Å². The van der Waals surface area contributed by atoms with Gasteiger partial charge in [-0.3, -0.25) is 9.97 Å². The fourth-order valence-electron chi connectivity index (χ4n) is 2.09. The maximum atomic E-state index is 4.69. The predicted octanol–water partition coefficient (Wildman–Crippen LogP) is 2.65. The van der Waals surface area contributed by atoms with Crippen LogP contribution >= 0.6 is 28.3 Å². The van der Waals surface area contributed by atoms with Crippen molar-refractivity contribution in [2.24, 2.45) is 0 Å². The molecule has 0 bridgehead atoms. The molecule has 1 aliphatic heterocycles. The summed E-state index contributed by atoms with van der Waals surface area (Å²) in [5.41, 5.74) is 1.82. The number of aromatic nitrogens is 3. The lowest BCUT2D eigenvalue weighted by atomic mass is 9.99. The quantitative estimate of drug-likeness (QED) is 0.921. The lowest BCUT2D eigenvalue weighted by Gasteiger charge is -2.20. The first kappa shape index (κ1) is 13.6. The Morgan fingerprint density at radius 2 is 2.00 bits per heavy atom. The fraction of sp³-hybridized carbons (Fsp3) is 0.417. The molecule has 1 saturated heterocycles. The van der Waals surface area contributed by atoms with Crippen molar-refractivity contribution < 1.29 is 0 Å². The highest BCUT2D eigenvalue weighted by Gasteiger charge is 2.18. The van der Waals surface area contributed by atoms with Gasteiger partial charge in [0.15, 0.2) is 0 Å². The third-order valence-corrected chi connectivity index (χ3v) is 4.04. The van der Waals surface area contributed by atoms with Crippen LogP contribution < -0.4 is 5.32 Å². The number of piperidine rings is 1. The Morgan fingerprint density at radius 3 is 2.72 bits per heavy atom. The first-order chi connectivity index (χ1) is 8.43. The molecule has 1 aliphatic rings. The molecule has 2 aromatic rings. The second-order valence-corrected chi connectivity index (χ2v) is 5.08. The Kier molecular flexibility index (Phi) is 4.79. The molecule has 0 spiro atoms. The summed E-state index contributed by atoms with van der Waals surface area (Å²) in [4.78, 5) is 13.0. The summed E-state index contributed by atoms with van der Waals surface area (Å²) in [5.74, 6) is 0.617. The Bertz CT molecular complexity index is 482. The number of rotatable bonds is 2. The lowest BCUT2D eigenvalue weighted by Crippen LogP contribution is -2.26. The summed E-state index contributed by atoms with van der Waals surface area (Å²) in [6.45, 7) is 2.20. The molecule has 0 aromatic carbocycles. The van der Waals surface area contributed by atoms with Gasteiger partial charge in [0.25, 0.3) is 0 Å². The van der Waals surface area contributed by atoms with Crippen molar-refractivity contribution in [3.8, 4) is 11.4 Å². The van der Waals surface area contributed by atoms with Gasteiger partial charge in [-0.15, -0.1) is 28.3 Å². The van der Waals surface area contributed by atoms with Crippen LogP contribution in [0.5, 0.6) is 0 Å². The summed E-state index contributed by atoms with van der Waals surface area (Å²) < 4.78 is 0. The van der Waals surface area contributed by atoms with E-state index in [1.54, 1.807) is 29.9 Å². The minimum Gasteiger partial charge on any atom is -0.317 e. The normalized spacial score (nSPS) is 16.2. The Morgan fingerprint density at radius 1 is 1.17 bits per heavy atom. The van der Waals surface area contributed by atoms with Gasteiger partial charge in [-0.05, 0) is 25.9 Å². The van der Waals surface area contributed by atoms with Crippen LogP contribution in [0.15, 0.2) is 24.0 Å². The number of halogens is 1. The zero-order chi connectivity index (χ0) is 11.5. The van der Waals surface area contributed by atoms with Crippen LogP contribution in [0.25, 0.3) is 11.4 Å². The highest BCUT2D eigenvalue weighted by molar-refractivity contribution is 8.93. The van der Waals surface area contributed by atoms with Crippen LogP contribution in [-0.4, -0.2) is 28.0 Å². The molecule has 1 N–H and O–H groups in total. The van der Waals surface area contributed by atoms with Gasteiger partial charge in [0.05, 0.1) is 11.2 Å². The minimum absolute atomic E-state index is 0. The first-order valence-corrected chi connectivity index (χ1v) is 6.74. The zero-order valence-corrected chi connectivity index (χ0v) is 12.4. The molecule has 18 heavy (non-hydrogen) atoms. The average Bonchev–Trinajstić information content (AvgIpc) is 2.90. The monoisotopic (exact) mass is 326 g/mol. The van der Waals surface area contributed by atoms with E-state index >= 15 is 0 Å². The molecule has 3 rings (SSSR count). The van der Waals surface area contributed by atoms with Crippen LogP contribution in [0.4, 0.5) is 0 Å². The average molecular weight is 327 g/mol. The summed E-state index contributed by atoms with van der Waals surface area (Å²) in [6, 6.07) is 0. The van der Waals surface area contributed by atoms with Gasteiger partial charge in [0.2, 0.25) is 0 Å². The van der Waals surface area contributed by atoms with E-state index in [0.29, 0.717) is 5.92 Å². The number of hydrogen-bond acceptors (Lipinski definition) is 5. The van der Waals surface area contributed by atoms with Crippen LogP contribution in [0.3, 0.4) is 0 Å². The van der Waals surface area contributed by atoms with E-state index in [4.69, 9.17) is 4.98 Å². The minimum atomic E-state index is 0. The van der Waals surface area contributed by atoms with Gasteiger partial charge < -0.3 is 5.32 Å². The number of hydrogen-bond donors (Lipinski definition) is 1. The summed E-state index contributed by atoms with van der Waals surface area (Å²) >= 11 is 1.74. The summed E-state index contributed by atoms with van der Waals surface area (Å²) in [7, 11) is 0. The molecule has 0 atom stereocenters. The molecule has 2 aromatic heterocycles. The van der Waals surface area contributed by atoms with E-state index < -0.39 is 0 Å². The maximum Gasteiger partial charge on any atom is 0.108 e. The highest BCUT2D eigenvalue weighted by Crippen LogP contribution is 2.30. The number of nitrogens with one attached hydrogen (secondary N) is 1. The van der Waals surface area contributed by atoms with Crippen molar-refractivity contribution >= 4 is 28.3 Å². The smallest absolute Gasteiger partial charge is 0.108 e. The molecule has 4 nitrogen and oxygen atoms in total. The second kappa shape index (κ2) is 6.36. The van der Waals surface area contributed by atoms with Gasteiger partial charge >= 0.3 is 0 Å². The Balaban J connectivity index is 0.00000120. The van der Waals surface area contributed by atoms with Gasteiger partial charge in [0, 0.05) is 23.7 Å². The van der Waals surface area contributed by atoms with E-state index in [9.17, 15) is 0 Å². The first-order valence-electron chi connectivity index (χ1n) is 5.86. The van der Waals surface area contributed by atoms with Crippen molar-refractivity contribution in [3.63, 3.8) is 0 Å². The third-order valence-electron chi connectivity index (χ3n) is 3.04. The number of thiazole rings is 1. The standard InChI is InChI=1S/C12H14N4S.BrH/c1-3-13-4-2-9(1)12-16-11(8-17-12)10-7-14-5-6-15-10;/h5-9,13H,1-4H2;1H. The molecule has 96 valence electrons. The molecule has 0 amide bonds. The third kappa shape index (κ3) is 2.93. The van der Waals surface area contributed by atoms with Gasteiger partial charge in [-0.2, -0.15) is 0 Å². The highest BCUT2D eigenvalue weighted by atomic mass is 79.9. The molecule has 0 unspecified atom stereocenters. The summed E-state index contributed by atoms with van der Waals surface area (Å²) in [6.07, 6.45) is 7.53. The number of nitrogens with zero attached hydrogens (tertiary/aromatic N) is 3. The van der Waals surface area contributed by atoms with Crippen LogP contribution in [0.2, 0.25) is 0 Å². The van der Waals surface area contributed by atoms with Gasteiger partial charge in [-0.1, -0.05) is 0 Å². The van der Waals surface area contributed by atoms with Gasteiger partial charge in [0.1, 0.15) is 11.4 Å². The van der Waals surface area contributed by atoms with E-state index in [2.05, 4.69) is 20.7 Å². The fourth-order valence-corrected chi connectivity index (χ4v) is 3.08. The van der Waals surface area contributed by atoms with Crippen LogP contribution in [0, 0.1) is 0 Å². The van der Waals surface area contributed by atoms with Crippen molar-refractivity contribution in [2.45, 2.75) is 18.8 Å². The SMILES string of the molecule is Br.c1cnc(-c2csc(C3CCNCC3)n2)cn1. The lowest BCUT2D eigenvalue weighted by molar-refractivity contribution is 0.459. The maximum absolute atomic E-state index is 4.69. The Hall–Kier alpha value is -0.850. The van der Waals surface area contributed by atoms with E-state index in [1.165, 1.54) is 17.8 Å². The Labute approximate surface area is 121 Å². The summed E-state index contributed by atoms with van der Waals surface area (Å²) in [5, 5.41) is 6.70. The zero-order valence-electron chi connectivity index (χ0n) is 9.87. The molecular weight excluding hydrogens is 312 g/mol. The van der Waals surface area contributed by atoms with E-state index in [1.807, 2.05) is 0 Å². The van der Waals surface area contributed by atoms with E-state index in [-0.39, 0.29) is 17.0 Å². The molecule has 1 fully saturated rings. The van der Waals surface area contributed by atoms with Crippen molar-refractivity contribution in [3.05, 3.63) is 29.0 Å². The van der Waals surface area contributed by atoms with Crippen molar-refractivity contribution in [1.29, 1.82) is 0 Å². The van der Waals surface area contributed by atoms with Crippen LogP contribution in [0.1, 0.15) is 23.8 Å². The molecule has 0 saturated carbocycles. The largest absolute Gasteiger partial charge is 0.317 e. The van der Waals surface area contributed by atoms with Crippen molar-refractivity contribution in [1.82, 2.24) is 20.3 Å². The molecule has 6 heteroatoms.